The molecule has 0 saturated heterocycles. The summed E-state index contributed by atoms with van der Waals surface area (Å²) < 4.78 is -1.15. The lowest BCUT2D eigenvalue weighted by atomic mass is 10.2. The van der Waals surface area contributed by atoms with Crippen molar-refractivity contribution in [2.75, 3.05) is 0 Å². The summed E-state index contributed by atoms with van der Waals surface area (Å²) in [5.41, 5.74) is 0.843. The Hall–Kier alpha value is 0.640. The van der Waals surface area contributed by atoms with E-state index in [1.54, 1.807) is 0 Å². The highest BCUT2D eigenvalue weighted by atomic mass is 35.5. The number of rotatable bonds is 2. The van der Waals surface area contributed by atoms with Crippen molar-refractivity contribution in [3.05, 3.63) is 23.8 Å². The van der Waals surface area contributed by atoms with Gasteiger partial charge in [-0.25, -0.2) is 0 Å². The van der Waals surface area contributed by atoms with Gasteiger partial charge in [-0.2, -0.15) is 0 Å². The lowest BCUT2D eigenvalue weighted by molar-refractivity contribution is 0.944. The van der Waals surface area contributed by atoms with Gasteiger partial charge in [0.15, 0.2) is 4.33 Å². The van der Waals surface area contributed by atoms with E-state index in [0.29, 0.717) is 0 Å². The van der Waals surface area contributed by atoms with Gasteiger partial charge in [-0.3, -0.25) is 0 Å². The molecular formula is C7H6Cl4. The van der Waals surface area contributed by atoms with Gasteiger partial charge in [0.2, 0.25) is 0 Å². The van der Waals surface area contributed by atoms with Crippen molar-refractivity contribution in [2.24, 2.45) is 0 Å². The molecule has 0 aromatic carbocycles. The molecule has 1 rings (SSSR count). The second kappa shape index (κ2) is 3.57. The first kappa shape index (κ1) is 9.73. The van der Waals surface area contributed by atoms with Crippen LogP contribution in [0.3, 0.4) is 0 Å². The Morgan fingerprint density at radius 2 is 2.00 bits per heavy atom. The summed E-state index contributed by atoms with van der Waals surface area (Å²) in [4.78, 5) is -0.794. The summed E-state index contributed by atoms with van der Waals surface area (Å²) in [5, 5.41) is 0. The monoisotopic (exact) mass is 230 g/mol. The van der Waals surface area contributed by atoms with Crippen LogP contribution in [0, 0.1) is 0 Å². The van der Waals surface area contributed by atoms with Gasteiger partial charge in [-0.1, -0.05) is 41.4 Å². The second-order valence-electron chi connectivity index (χ2n) is 2.25. The van der Waals surface area contributed by atoms with Crippen molar-refractivity contribution in [1.29, 1.82) is 0 Å². The highest BCUT2D eigenvalue weighted by molar-refractivity contribution is 6.61. The van der Waals surface area contributed by atoms with Crippen LogP contribution in [-0.2, 0) is 0 Å². The summed E-state index contributed by atoms with van der Waals surface area (Å²) >= 11 is 22.9. The lowest BCUT2D eigenvalue weighted by Gasteiger charge is -2.21. The van der Waals surface area contributed by atoms with Crippen molar-refractivity contribution in [3.63, 3.8) is 0 Å². The molecule has 1 aliphatic rings. The standard InChI is InChI=1S/C7H6Cl4/c8-6(9)7(10,11)5-3-1-2-4-5/h1-3,6H,4H2. The van der Waals surface area contributed by atoms with E-state index in [0.717, 1.165) is 12.0 Å². The Morgan fingerprint density at radius 3 is 2.36 bits per heavy atom. The minimum Gasteiger partial charge on any atom is -0.102 e. The number of hydrogen-bond donors (Lipinski definition) is 0. The van der Waals surface area contributed by atoms with E-state index in [2.05, 4.69) is 0 Å². The average Bonchev–Trinajstić information content (AvgIpc) is 2.37. The number of hydrogen-bond acceptors (Lipinski definition) is 0. The Kier molecular flexibility index (Phi) is 3.16. The van der Waals surface area contributed by atoms with Crippen LogP contribution in [0.2, 0.25) is 0 Å². The minimum atomic E-state index is -1.15. The first-order valence-corrected chi connectivity index (χ1v) is 4.70. The first-order chi connectivity index (χ1) is 5.05. The Bertz CT molecular complexity index is 202. The van der Waals surface area contributed by atoms with Crippen LogP contribution in [0.5, 0.6) is 0 Å². The lowest BCUT2D eigenvalue weighted by Crippen LogP contribution is -2.23. The van der Waals surface area contributed by atoms with Crippen LogP contribution in [0.25, 0.3) is 0 Å². The normalized spacial score (nSPS) is 17.7. The van der Waals surface area contributed by atoms with Crippen molar-refractivity contribution >= 4 is 46.4 Å². The molecule has 4 heteroatoms. The van der Waals surface area contributed by atoms with Crippen LogP contribution >= 0.6 is 46.4 Å². The maximum atomic E-state index is 5.87. The highest BCUT2D eigenvalue weighted by Crippen LogP contribution is 2.41. The molecule has 0 aromatic heterocycles. The molecule has 0 saturated carbocycles. The zero-order valence-corrected chi connectivity index (χ0v) is 8.55. The summed E-state index contributed by atoms with van der Waals surface area (Å²) in [6.45, 7) is 0. The fourth-order valence-corrected chi connectivity index (χ4v) is 1.40. The van der Waals surface area contributed by atoms with Crippen LogP contribution in [0.15, 0.2) is 23.8 Å². The molecule has 0 atom stereocenters. The SMILES string of the molecule is ClC(Cl)C(Cl)(Cl)C1=CC=CC1. The summed E-state index contributed by atoms with van der Waals surface area (Å²) in [7, 11) is 0. The van der Waals surface area contributed by atoms with E-state index >= 15 is 0 Å². The predicted octanol–water partition coefficient (Wildman–Crippen LogP) is 3.85. The third-order valence-electron chi connectivity index (χ3n) is 1.47. The molecule has 0 nitrogen and oxygen atoms in total. The topological polar surface area (TPSA) is 0 Å². The Labute approximate surface area is 85.8 Å². The van der Waals surface area contributed by atoms with E-state index in [4.69, 9.17) is 46.4 Å². The van der Waals surface area contributed by atoms with Gasteiger partial charge in [-0.15, -0.1) is 23.2 Å². The van der Waals surface area contributed by atoms with Crippen LogP contribution in [-0.4, -0.2) is 9.17 Å². The van der Waals surface area contributed by atoms with Crippen molar-refractivity contribution in [1.82, 2.24) is 0 Å². The molecule has 0 radical (unpaired) electrons. The molecule has 0 fully saturated rings. The fraction of sp³-hybridized carbons (Fsp3) is 0.429. The van der Waals surface area contributed by atoms with Crippen molar-refractivity contribution in [2.45, 2.75) is 15.6 Å². The van der Waals surface area contributed by atoms with E-state index < -0.39 is 9.17 Å². The van der Waals surface area contributed by atoms with E-state index in [-0.39, 0.29) is 0 Å². The minimum absolute atomic E-state index is 0.725. The van der Waals surface area contributed by atoms with E-state index in [1.165, 1.54) is 0 Å². The van der Waals surface area contributed by atoms with E-state index in [9.17, 15) is 0 Å². The molecule has 0 bridgehead atoms. The maximum absolute atomic E-state index is 5.87. The van der Waals surface area contributed by atoms with Gasteiger partial charge < -0.3 is 0 Å². The average molecular weight is 232 g/mol. The molecule has 0 unspecified atom stereocenters. The zero-order chi connectivity index (χ0) is 8.48. The highest BCUT2D eigenvalue weighted by Gasteiger charge is 2.36. The van der Waals surface area contributed by atoms with Crippen LogP contribution in [0.1, 0.15) is 6.42 Å². The molecule has 62 valence electrons. The number of allylic oxidation sites excluding steroid dienone is 4. The van der Waals surface area contributed by atoms with Crippen LogP contribution in [0.4, 0.5) is 0 Å². The predicted molar refractivity (Wildman–Crippen MR) is 51.8 cm³/mol. The largest absolute Gasteiger partial charge is 0.169 e. The molecule has 0 aromatic rings. The molecule has 11 heavy (non-hydrogen) atoms. The van der Waals surface area contributed by atoms with Gasteiger partial charge in [0, 0.05) is 0 Å². The zero-order valence-electron chi connectivity index (χ0n) is 5.53. The summed E-state index contributed by atoms with van der Waals surface area (Å²) in [6.07, 6.45) is 6.39. The molecule has 0 amide bonds. The number of halogens is 4. The fourth-order valence-electron chi connectivity index (χ4n) is 0.835. The molecular weight excluding hydrogens is 226 g/mol. The van der Waals surface area contributed by atoms with Crippen LogP contribution < -0.4 is 0 Å². The van der Waals surface area contributed by atoms with Crippen molar-refractivity contribution in [3.8, 4) is 0 Å². The molecule has 0 spiro atoms. The third-order valence-corrected chi connectivity index (χ3v) is 3.50. The maximum Gasteiger partial charge on any atom is 0.169 e. The second-order valence-corrected chi connectivity index (χ2v) is 4.73. The summed E-state index contributed by atoms with van der Waals surface area (Å²) in [5.74, 6) is 0. The summed E-state index contributed by atoms with van der Waals surface area (Å²) in [6, 6.07) is 0. The number of alkyl halides is 4. The van der Waals surface area contributed by atoms with Crippen molar-refractivity contribution < 1.29 is 0 Å². The van der Waals surface area contributed by atoms with Gasteiger partial charge in [0.25, 0.3) is 0 Å². The molecule has 0 heterocycles. The molecule has 0 N–H and O–H groups in total. The molecule has 0 aliphatic heterocycles. The third kappa shape index (κ3) is 2.06. The van der Waals surface area contributed by atoms with E-state index in [1.807, 2.05) is 18.2 Å². The van der Waals surface area contributed by atoms with Gasteiger partial charge in [-0.05, 0) is 12.0 Å². The smallest absolute Gasteiger partial charge is 0.102 e. The van der Waals surface area contributed by atoms with Gasteiger partial charge in [0.1, 0.15) is 4.84 Å². The van der Waals surface area contributed by atoms with Gasteiger partial charge in [0.05, 0.1) is 0 Å². The first-order valence-electron chi connectivity index (χ1n) is 3.07. The quantitative estimate of drug-likeness (QED) is 0.634. The Balaban J connectivity index is 2.73. The van der Waals surface area contributed by atoms with Gasteiger partial charge >= 0.3 is 0 Å². The molecule has 1 aliphatic carbocycles. The Morgan fingerprint density at radius 1 is 1.36 bits per heavy atom.